The van der Waals surface area contributed by atoms with Crippen LogP contribution in [0.1, 0.15) is 75.8 Å². The molecule has 1 aromatic carbocycles. The summed E-state index contributed by atoms with van der Waals surface area (Å²) in [6.45, 7) is 2.23. The largest absolute Gasteiger partial charge is 0.573 e. The van der Waals surface area contributed by atoms with E-state index in [1.807, 2.05) is 6.08 Å². The highest BCUT2D eigenvalue weighted by atomic mass is 19.4. The first-order chi connectivity index (χ1) is 13.8. The second kappa shape index (κ2) is 9.48. The van der Waals surface area contributed by atoms with E-state index in [2.05, 4.69) is 11.7 Å². The van der Waals surface area contributed by atoms with Gasteiger partial charge in [-0.05, 0) is 54.7 Å². The van der Waals surface area contributed by atoms with Crippen LogP contribution in [-0.4, -0.2) is 6.36 Å². The molecule has 0 unspecified atom stereocenters. The van der Waals surface area contributed by atoms with Crippen molar-refractivity contribution in [1.29, 1.82) is 0 Å². The Labute approximate surface area is 169 Å². The van der Waals surface area contributed by atoms with Crippen LogP contribution >= 0.6 is 0 Å². The van der Waals surface area contributed by atoms with Gasteiger partial charge in [-0.3, -0.25) is 0 Å². The Morgan fingerprint density at radius 3 is 2.31 bits per heavy atom. The van der Waals surface area contributed by atoms with E-state index in [9.17, 15) is 22.0 Å². The molecule has 29 heavy (non-hydrogen) atoms. The highest BCUT2D eigenvalue weighted by Gasteiger charge is 2.35. The Balaban J connectivity index is 1.55. The highest BCUT2D eigenvalue weighted by molar-refractivity contribution is 5.44. The first-order valence-electron chi connectivity index (χ1n) is 10.7. The highest BCUT2D eigenvalue weighted by Crippen LogP contribution is 2.38. The number of halogens is 5. The summed E-state index contributed by atoms with van der Waals surface area (Å²) >= 11 is 0. The quantitative estimate of drug-likeness (QED) is 0.327. The van der Waals surface area contributed by atoms with E-state index >= 15 is 0 Å². The molecule has 3 rings (SSSR count). The standard InChI is InChI=1S/C23H29F5O/c1-2-3-4-15-5-7-16(8-6-15)9-10-17-11-12-19-18(13-17)14-20(24)22(21(19)25)29-23(26,27)28/h11,14-16H,2-10,12-13H2,1H3. The molecule has 2 aliphatic rings. The summed E-state index contributed by atoms with van der Waals surface area (Å²) < 4.78 is 69.1. The lowest BCUT2D eigenvalue weighted by Crippen LogP contribution is -2.20. The van der Waals surface area contributed by atoms with Crippen LogP contribution in [0.5, 0.6) is 5.75 Å². The Bertz CT molecular complexity index is 730. The predicted octanol–water partition coefficient (Wildman–Crippen LogP) is 7.67. The Kier molecular flexibility index (Phi) is 7.23. The average Bonchev–Trinajstić information content (AvgIpc) is 2.68. The minimum Gasteiger partial charge on any atom is -0.399 e. The molecule has 1 saturated carbocycles. The number of allylic oxidation sites excluding steroid dienone is 2. The van der Waals surface area contributed by atoms with Gasteiger partial charge in [0.25, 0.3) is 0 Å². The first-order valence-corrected chi connectivity index (χ1v) is 10.7. The fourth-order valence-corrected chi connectivity index (χ4v) is 4.72. The molecule has 0 spiro atoms. The third-order valence-corrected chi connectivity index (χ3v) is 6.41. The minimum absolute atomic E-state index is 0.103. The van der Waals surface area contributed by atoms with Crippen molar-refractivity contribution in [2.45, 2.75) is 83.9 Å². The van der Waals surface area contributed by atoms with E-state index in [0.717, 1.165) is 30.4 Å². The van der Waals surface area contributed by atoms with E-state index in [4.69, 9.17) is 0 Å². The number of hydrogen-bond donors (Lipinski definition) is 0. The van der Waals surface area contributed by atoms with Crippen LogP contribution in [0, 0.1) is 23.5 Å². The number of unbranched alkanes of at least 4 members (excludes halogenated alkanes) is 1. The van der Waals surface area contributed by atoms with Gasteiger partial charge < -0.3 is 4.74 Å². The lowest BCUT2D eigenvalue weighted by molar-refractivity contribution is -0.276. The zero-order valence-corrected chi connectivity index (χ0v) is 16.9. The van der Waals surface area contributed by atoms with E-state index < -0.39 is 23.7 Å². The molecule has 1 aromatic rings. The summed E-state index contributed by atoms with van der Waals surface area (Å²) in [5, 5.41) is 0. The van der Waals surface area contributed by atoms with Gasteiger partial charge in [0.1, 0.15) is 0 Å². The summed E-state index contributed by atoms with van der Waals surface area (Å²) in [5.41, 5.74) is 1.65. The van der Waals surface area contributed by atoms with Crippen molar-refractivity contribution < 1.29 is 26.7 Å². The Morgan fingerprint density at radius 1 is 1.03 bits per heavy atom. The third kappa shape index (κ3) is 5.95. The number of hydrogen-bond acceptors (Lipinski definition) is 1. The summed E-state index contributed by atoms with van der Waals surface area (Å²) in [7, 11) is 0. The van der Waals surface area contributed by atoms with Gasteiger partial charge in [-0.25, -0.2) is 8.78 Å². The lowest BCUT2D eigenvalue weighted by Gasteiger charge is -2.29. The number of alkyl halides is 3. The molecule has 0 aliphatic heterocycles. The van der Waals surface area contributed by atoms with Crippen LogP contribution < -0.4 is 4.74 Å². The van der Waals surface area contributed by atoms with Crippen molar-refractivity contribution in [2.24, 2.45) is 11.8 Å². The van der Waals surface area contributed by atoms with Gasteiger partial charge in [0.15, 0.2) is 11.6 Å². The zero-order chi connectivity index (χ0) is 21.0. The van der Waals surface area contributed by atoms with Crippen LogP contribution in [0.4, 0.5) is 22.0 Å². The molecule has 2 aliphatic carbocycles. The predicted molar refractivity (Wildman–Crippen MR) is 103 cm³/mol. The van der Waals surface area contributed by atoms with Crippen LogP contribution in [-0.2, 0) is 12.8 Å². The first kappa shape index (κ1) is 22.1. The van der Waals surface area contributed by atoms with Gasteiger partial charge in [-0.2, -0.15) is 0 Å². The minimum atomic E-state index is -5.12. The molecule has 0 amide bonds. The molecular weight excluding hydrogens is 387 g/mol. The smallest absolute Gasteiger partial charge is 0.399 e. The van der Waals surface area contributed by atoms with Crippen LogP contribution in [0.2, 0.25) is 0 Å². The molecular formula is C23H29F5O. The van der Waals surface area contributed by atoms with Gasteiger partial charge in [-0.1, -0.05) is 63.5 Å². The summed E-state index contributed by atoms with van der Waals surface area (Å²) in [5.74, 6) is -2.33. The maximum atomic E-state index is 14.4. The SMILES string of the molecule is CCCCC1CCC(CCC2=CCc3c(cc(F)c(OC(F)(F)F)c3F)C2)CC1. The number of rotatable bonds is 7. The maximum Gasteiger partial charge on any atom is 0.573 e. The van der Waals surface area contributed by atoms with Crippen LogP contribution in [0.15, 0.2) is 17.7 Å². The average molecular weight is 416 g/mol. The molecule has 0 saturated heterocycles. The van der Waals surface area contributed by atoms with Gasteiger partial charge in [0, 0.05) is 0 Å². The second-order valence-corrected chi connectivity index (χ2v) is 8.50. The molecule has 162 valence electrons. The maximum absolute atomic E-state index is 14.4. The summed E-state index contributed by atoms with van der Waals surface area (Å²) in [6, 6.07) is 0.991. The number of benzene rings is 1. The van der Waals surface area contributed by atoms with Crippen LogP contribution in [0.3, 0.4) is 0 Å². The van der Waals surface area contributed by atoms with Gasteiger partial charge in [0.05, 0.1) is 0 Å². The molecule has 0 N–H and O–H groups in total. The van der Waals surface area contributed by atoms with Gasteiger partial charge in [-0.15, -0.1) is 13.2 Å². The lowest BCUT2D eigenvalue weighted by atomic mass is 9.77. The number of fused-ring (bicyclic) bond motifs is 1. The Morgan fingerprint density at radius 2 is 1.69 bits per heavy atom. The third-order valence-electron chi connectivity index (χ3n) is 6.41. The monoisotopic (exact) mass is 416 g/mol. The van der Waals surface area contributed by atoms with Crippen molar-refractivity contribution >= 4 is 0 Å². The van der Waals surface area contributed by atoms with Crippen molar-refractivity contribution in [1.82, 2.24) is 0 Å². The zero-order valence-electron chi connectivity index (χ0n) is 16.9. The molecule has 1 nitrogen and oxygen atoms in total. The molecule has 0 atom stereocenters. The number of ether oxygens (including phenoxy) is 1. The van der Waals surface area contributed by atoms with Crippen molar-refractivity contribution in [2.75, 3.05) is 0 Å². The van der Waals surface area contributed by atoms with Gasteiger partial charge >= 0.3 is 6.36 Å². The molecule has 1 fully saturated rings. The van der Waals surface area contributed by atoms with Crippen molar-refractivity contribution in [3.8, 4) is 5.75 Å². The van der Waals surface area contributed by atoms with Gasteiger partial charge in [0.2, 0.25) is 5.75 Å². The van der Waals surface area contributed by atoms with Crippen molar-refractivity contribution in [3.05, 3.63) is 40.5 Å². The summed E-state index contributed by atoms with van der Waals surface area (Å²) in [6.07, 6.45) is 8.27. The molecule has 0 heterocycles. The van der Waals surface area contributed by atoms with Crippen LogP contribution in [0.25, 0.3) is 0 Å². The van der Waals surface area contributed by atoms with E-state index in [0.29, 0.717) is 17.9 Å². The Hall–Kier alpha value is -1.59. The molecule has 0 aromatic heterocycles. The topological polar surface area (TPSA) is 9.23 Å². The molecule has 6 heteroatoms. The summed E-state index contributed by atoms with van der Waals surface area (Å²) in [4.78, 5) is 0. The fourth-order valence-electron chi connectivity index (χ4n) is 4.72. The van der Waals surface area contributed by atoms with E-state index in [1.165, 1.54) is 44.9 Å². The second-order valence-electron chi connectivity index (χ2n) is 8.50. The molecule has 0 bridgehead atoms. The van der Waals surface area contributed by atoms with Crippen molar-refractivity contribution in [3.63, 3.8) is 0 Å². The fraction of sp³-hybridized carbons (Fsp3) is 0.652. The van der Waals surface area contributed by atoms with E-state index in [-0.39, 0.29) is 12.0 Å². The van der Waals surface area contributed by atoms with E-state index in [1.54, 1.807) is 0 Å². The normalized spacial score (nSPS) is 22.2. The molecule has 0 radical (unpaired) electrons.